The summed E-state index contributed by atoms with van der Waals surface area (Å²) in [5.41, 5.74) is 6.08. The fourth-order valence-electron chi connectivity index (χ4n) is 1.78. The van der Waals surface area contributed by atoms with Crippen LogP contribution in [0.15, 0.2) is 48.1 Å². The molecule has 3 N–H and O–H groups in total. The fraction of sp³-hybridized carbons (Fsp3) is 0.333. The van der Waals surface area contributed by atoms with Crippen LogP contribution in [0.2, 0.25) is 0 Å². The van der Waals surface area contributed by atoms with Crippen molar-refractivity contribution in [3.8, 4) is 0 Å². The molecule has 0 aliphatic heterocycles. The second-order valence-electron chi connectivity index (χ2n) is 4.33. The molecule has 0 saturated carbocycles. The maximum absolute atomic E-state index is 12.4. The lowest BCUT2D eigenvalue weighted by atomic mass is 10.1. The third-order valence-electron chi connectivity index (χ3n) is 2.75. The lowest BCUT2D eigenvalue weighted by Gasteiger charge is -2.22. The summed E-state index contributed by atoms with van der Waals surface area (Å²) in [6, 6.07) is 0. The Morgan fingerprint density at radius 1 is 1.10 bits per heavy atom. The molecule has 0 radical (unpaired) electrons. The minimum atomic E-state index is -0.858. The highest BCUT2D eigenvalue weighted by Gasteiger charge is 2.15. The van der Waals surface area contributed by atoms with Gasteiger partial charge in [0, 0.05) is 31.6 Å². The highest BCUT2D eigenvalue weighted by atomic mass is 16.4. The molecule has 1 aliphatic rings. The first-order valence-electron chi connectivity index (χ1n) is 6.58. The number of nitrogens with two attached hydrogens (primary N) is 1. The number of carboxylic acids is 1. The Balaban J connectivity index is 2.69. The predicted octanol–water partition coefficient (Wildman–Crippen LogP) is 1.25. The van der Waals surface area contributed by atoms with Crippen LogP contribution in [0.1, 0.15) is 12.8 Å². The molecule has 0 spiro atoms. The summed E-state index contributed by atoms with van der Waals surface area (Å²) in [7, 11) is 0. The van der Waals surface area contributed by atoms with Gasteiger partial charge in [-0.25, -0.2) is 0 Å². The molecule has 0 heterocycles. The summed E-state index contributed by atoms with van der Waals surface area (Å²) in [5, 5.41) is 8.64. The molecular formula is C15H20N2O3. The summed E-state index contributed by atoms with van der Waals surface area (Å²) in [5.74, 6) is -0.986. The summed E-state index contributed by atoms with van der Waals surface area (Å²) in [6.07, 6.45) is 13.1. The Kier molecular flexibility index (Phi) is 7.06. The molecule has 5 nitrogen and oxygen atoms in total. The van der Waals surface area contributed by atoms with Crippen molar-refractivity contribution >= 4 is 11.9 Å². The van der Waals surface area contributed by atoms with Crippen LogP contribution >= 0.6 is 0 Å². The SMILES string of the molecule is NCCN(CCCC(=O)O)C(=O)C1=C/C=C\C=C/C=C\1. The molecule has 1 amide bonds. The van der Waals surface area contributed by atoms with E-state index in [1.54, 1.807) is 29.2 Å². The highest BCUT2D eigenvalue weighted by Crippen LogP contribution is 2.08. The van der Waals surface area contributed by atoms with E-state index in [4.69, 9.17) is 10.8 Å². The Morgan fingerprint density at radius 2 is 1.80 bits per heavy atom. The average Bonchev–Trinajstić information content (AvgIpc) is 2.36. The van der Waals surface area contributed by atoms with Crippen LogP contribution in [0.25, 0.3) is 0 Å². The molecular weight excluding hydrogens is 256 g/mol. The van der Waals surface area contributed by atoms with Crippen molar-refractivity contribution in [2.75, 3.05) is 19.6 Å². The molecule has 5 heteroatoms. The van der Waals surface area contributed by atoms with Gasteiger partial charge in [0.1, 0.15) is 0 Å². The van der Waals surface area contributed by atoms with Crippen LogP contribution in [0.3, 0.4) is 0 Å². The first-order valence-corrected chi connectivity index (χ1v) is 6.58. The zero-order valence-electron chi connectivity index (χ0n) is 11.4. The molecule has 0 aromatic carbocycles. The van der Waals surface area contributed by atoms with Gasteiger partial charge in [-0.05, 0) is 18.6 Å². The quantitative estimate of drug-likeness (QED) is 0.733. The summed E-state index contributed by atoms with van der Waals surface area (Å²) in [6.45, 7) is 1.17. The topological polar surface area (TPSA) is 83.6 Å². The van der Waals surface area contributed by atoms with Gasteiger partial charge in [-0.3, -0.25) is 9.59 Å². The highest BCUT2D eigenvalue weighted by molar-refractivity contribution is 5.96. The minimum Gasteiger partial charge on any atom is -0.481 e. The number of aliphatic carboxylic acids is 1. The number of carbonyl (C=O) groups excluding carboxylic acids is 1. The molecule has 0 fully saturated rings. The lowest BCUT2D eigenvalue weighted by molar-refractivity contribution is -0.137. The second-order valence-corrected chi connectivity index (χ2v) is 4.33. The summed E-state index contributed by atoms with van der Waals surface area (Å²) < 4.78 is 0. The summed E-state index contributed by atoms with van der Waals surface area (Å²) in [4.78, 5) is 24.5. The first-order chi connectivity index (χ1) is 9.65. The molecule has 0 atom stereocenters. The molecule has 0 unspecified atom stereocenters. The smallest absolute Gasteiger partial charge is 0.303 e. The van der Waals surface area contributed by atoms with E-state index in [0.717, 1.165) is 0 Å². The molecule has 0 bridgehead atoms. The van der Waals surface area contributed by atoms with E-state index in [2.05, 4.69) is 0 Å². The number of nitrogens with zero attached hydrogens (tertiary/aromatic N) is 1. The second kappa shape index (κ2) is 8.87. The number of amides is 1. The summed E-state index contributed by atoms with van der Waals surface area (Å²) >= 11 is 0. The van der Waals surface area contributed by atoms with Crippen molar-refractivity contribution in [1.29, 1.82) is 0 Å². The Labute approximate surface area is 118 Å². The van der Waals surface area contributed by atoms with E-state index in [-0.39, 0.29) is 12.3 Å². The van der Waals surface area contributed by atoms with E-state index >= 15 is 0 Å². The number of rotatable bonds is 7. The van der Waals surface area contributed by atoms with E-state index in [1.807, 2.05) is 18.2 Å². The van der Waals surface area contributed by atoms with Gasteiger partial charge in [-0.2, -0.15) is 0 Å². The molecule has 0 saturated heterocycles. The minimum absolute atomic E-state index is 0.0475. The maximum atomic E-state index is 12.4. The zero-order chi connectivity index (χ0) is 14.8. The molecule has 1 aliphatic carbocycles. The van der Waals surface area contributed by atoms with E-state index in [9.17, 15) is 9.59 Å². The van der Waals surface area contributed by atoms with Crippen LogP contribution in [0.5, 0.6) is 0 Å². The number of allylic oxidation sites excluding steroid dienone is 6. The molecule has 108 valence electrons. The van der Waals surface area contributed by atoms with E-state index in [0.29, 0.717) is 31.6 Å². The van der Waals surface area contributed by atoms with Crippen molar-refractivity contribution in [2.24, 2.45) is 5.73 Å². The van der Waals surface area contributed by atoms with Crippen LogP contribution < -0.4 is 5.73 Å². The Hall–Kier alpha value is -2.14. The average molecular weight is 276 g/mol. The predicted molar refractivity (Wildman–Crippen MR) is 78.0 cm³/mol. The molecule has 0 aromatic rings. The third-order valence-corrected chi connectivity index (χ3v) is 2.75. The van der Waals surface area contributed by atoms with Crippen molar-refractivity contribution < 1.29 is 14.7 Å². The van der Waals surface area contributed by atoms with Gasteiger partial charge in [0.15, 0.2) is 0 Å². The normalized spacial score (nSPS) is 20.9. The number of carbonyl (C=O) groups is 2. The molecule has 20 heavy (non-hydrogen) atoms. The zero-order valence-corrected chi connectivity index (χ0v) is 11.4. The van der Waals surface area contributed by atoms with Crippen LogP contribution in [0.4, 0.5) is 0 Å². The number of hydrogen-bond acceptors (Lipinski definition) is 3. The Bertz CT molecular complexity index is 462. The van der Waals surface area contributed by atoms with Crippen LogP contribution in [-0.4, -0.2) is 41.5 Å². The lowest BCUT2D eigenvalue weighted by Crippen LogP contribution is -2.37. The largest absolute Gasteiger partial charge is 0.481 e. The van der Waals surface area contributed by atoms with E-state index < -0.39 is 5.97 Å². The third kappa shape index (κ3) is 5.67. The fourth-order valence-corrected chi connectivity index (χ4v) is 1.78. The Morgan fingerprint density at radius 3 is 2.50 bits per heavy atom. The first kappa shape index (κ1) is 15.9. The standard InChI is InChI=1S/C15H20N2O3/c16-10-12-17(11-6-9-14(18)19)15(20)13-7-4-2-1-3-5-8-13/h1-5,7-8H,6,9-12,16H2,(H,18,19)/b2-1-,3-1?,4-2?,5-3-,7-4-,8-5?,13-7?,13-8+. The molecule has 0 aromatic heterocycles. The van der Waals surface area contributed by atoms with Gasteiger partial charge in [-0.15, -0.1) is 0 Å². The van der Waals surface area contributed by atoms with Crippen molar-refractivity contribution in [1.82, 2.24) is 4.90 Å². The molecule has 1 rings (SSSR count). The van der Waals surface area contributed by atoms with Crippen molar-refractivity contribution in [2.45, 2.75) is 12.8 Å². The van der Waals surface area contributed by atoms with Gasteiger partial charge in [-0.1, -0.05) is 30.4 Å². The van der Waals surface area contributed by atoms with Gasteiger partial charge >= 0.3 is 5.97 Å². The van der Waals surface area contributed by atoms with Crippen LogP contribution in [-0.2, 0) is 9.59 Å². The van der Waals surface area contributed by atoms with Crippen molar-refractivity contribution in [3.05, 3.63) is 48.1 Å². The van der Waals surface area contributed by atoms with Gasteiger partial charge < -0.3 is 15.7 Å². The van der Waals surface area contributed by atoms with Gasteiger partial charge in [0.25, 0.3) is 5.91 Å². The number of carboxylic acid groups (broad SMARTS) is 1. The monoisotopic (exact) mass is 276 g/mol. The van der Waals surface area contributed by atoms with E-state index in [1.165, 1.54) is 0 Å². The van der Waals surface area contributed by atoms with Crippen LogP contribution in [0, 0.1) is 0 Å². The van der Waals surface area contributed by atoms with Gasteiger partial charge in [0.2, 0.25) is 0 Å². The number of hydrogen-bond donors (Lipinski definition) is 2. The van der Waals surface area contributed by atoms with Crippen molar-refractivity contribution in [3.63, 3.8) is 0 Å². The maximum Gasteiger partial charge on any atom is 0.303 e. The van der Waals surface area contributed by atoms with Gasteiger partial charge in [0.05, 0.1) is 0 Å².